The van der Waals surface area contributed by atoms with E-state index in [1.807, 2.05) is 67.6 Å². The zero-order chi connectivity index (χ0) is 23.7. The molecule has 2 aliphatic rings. The van der Waals surface area contributed by atoms with Crippen LogP contribution < -0.4 is 19.7 Å². The zero-order valence-electron chi connectivity index (χ0n) is 18.9. The van der Waals surface area contributed by atoms with E-state index < -0.39 is 0 Å². The summed E-state index contributed by atoms with van der Waals surface area (Å²) in [4.78, 5) is 29.2. The SMILES string of the molecule is C[C@@H](NC(=O)c1ccc2c(c1)N(C)C(=O)/C(=C\c1ccccc1)S2)c1ccc2c(c1)OCCO2. The molecule has 0 fully saturated rings. The fraction of sp³-hybridized carbons (Fsp3) is 0.185. The Hall–Kier alpha value is -3.71. The number of thioether (sulfide) groups is 1. The molecule has 172 valence electrons. The second-order valence-electron chi connectivity index (χ2n) is 8.17. The van der Waals surface area contributed by atoms with Gasteiger partial charge in [0, 0.05) is 17.5 Å². The molecule has 2 heterocycles. The molecule has 3 aromatic carbocycles. The Morgan fingerprint density at radius 1 is 1.03 bits per heavy atom. The monoisotopic (exact) mass is 472 g/mol. The van der Waals surface area contributed by atoms with Crippen molar-refractivity contribution < 1.29 is 19.1 Å². The maximum Gasteiger partial charge on any atom is 0.264 e. The van der Waals surface area contributed by atoms with Crippen LogP contribution in [0.1, 0.15) is 34.5 Å². The largest absolute Gasteiger partial charge is 0.486 e. The van der Waals surface area contributed by atoms with Crippen molar-refractivity contribution in [3.8, 4) is 11.5 Å². The van der Waals surface area contributed by atoms with Gasteiger partial charge in [0.05, 0.1) is 16.6 Å². The minimum Gasteiger partial charge on any atom is -0.486 e. The van der Waals surface area contributed by atoms with E-state index in [0.29, 0.717) is 35.2 Å². The lowest BCUT2D eigenvalue weighted by Gasteiger charge is -2.27. The third-order valence-corrected chi connectivity index (χ3v) is 6.91. The van der Waals surface area contributed by atoms with E-state index in [2.05, 4.69) is 5.32 Å². The Morgan fingerprint density at radius 3 is 2.59 bits per heavy atom. The van der Waals surface area contributed by atoms with Crippen LogP contribution in [0.15, 0.2) is 76.5 Å². The van der Waals surface area contributed by atoms with Crippen LogP contribution >= 0.6 is 11.8 Å². The van der Waals surface area contributed by atoms with Crippen LogP contribution in [0, 0.1) is 0 Å². The number of nitrogens with one attached hydrogen (secondary N) is 1. The molecule has 0 spiro atoms. The van der Waals surface area contributed by atoms with Crippen molar-refractivity contribution in [2.45, 2.75) is 17.9 Å². The summed E-state index contributed by atoms with van der Waals surface area (Å²) in [5, 5.41) is 3.04. The number of carbonyl (C=O) groups is 2. The van der Waals surface area contributed by atoms with Gasteiger partial charge in [-0.3, -0.25) is 9.59 Å². The van der Waals surface area contributed by atoms with Crippen LogP contribution in [-0.4, -0.2) is 32.1 Å². The quantitative estimate of drug-likeness (QED) is 0.538. The summed E-state index contributed by atoms with van der Waals surface area (Å²) < 4.78 is 11.2. The number of hydrogen-bond donors (Lipinski definition) is 1. The van der Waals surface area contributed by atoms with Crippen LogP contribution in [-0.2, 0) is 4.79 Å². The van der Waals surface area contributed by atoms with Crippen LogP contribution in [0.5, 0.6) is 11.5 Å². The summed E-state index contributed by atoms with van der Waals surface area (Å²) in [6, 6.07) is 20.7. The second kappa shape index (κ2) is 9.27. The van der Waals surface area contributed by atoms with Gasteiger partial charge in [-0.1, -0.05) is 48.2 Å². The van der Waals surface area contributed by atoms with Crippen molar-refractivity contribution in [2.75, 3.05) is 25.2 Å². The van der Waals surface area contributed by atoms with E-state index >= 15 is 0 Å². The molecule has 6 nitrogen and oxygen atoms in total. The third-order valence-electron chi connectivity index (χ3n) is 5.83. The molecule has 0 aromatic heterocycles. The highest BCUT2D eigenvalue weighted by Crippen LogP contribution is 2.42. The predicted octanol–water partition coefficient (Wildman–Crippen LogP) is 5.06. The van der Waals surface area contributed by atoms with E-state index in [1.54, 1.807) is 24.1 Å². The van der Waals surface area contributed by atoms with Gasteiger partial charge in [0.1, 0.15) is 13.2 Å². The molecule has 3 aromatic rings. The first-order valence-corrected chi connectivity index (χ1v) is 11.9. The molecule has 1 atom stereocenters. The van der Waals surface area contributed by atoms with Gasteiger partial charge in [-0.15, -0.1) is 0 Å². The smallest absolute Gasteiger partial charge is 0.264 e. The van der Waals surface area contributed by atoms with Crippen molar-refractivity contribution in [1.29, 1.82) is 0 Å². The highest BCUT2D eigenvalue weighted by molar-refractivity contribution is 8.04. The van der Waals surface area contributed by atoms with Gasteiger partial charge in [-0.2, -0.15) is 0 Å². The molecule has 1 N–H and O–H groups in total. The van der Waals surface area contributed by atoms with Gasteiger partial charge in [0.25, 0.3) is 11.8 Å². The predicted molar refractivity (Wildman–Crippen MR) is 133 cm³/mol. The Morgan fingerprint density at radius 2 is 1.79 bits per heavy atom. The van der Waals surface area contributed by atoms with Crippen LogP contribution in [0.3, 0.4) is 0 Å². The number of ether oxygens (including phenoxy) is 2. The number of amides is 2. The highest BCUT2D eigenvalue weighted by Gasteiger charge is 2.27. The van der Waals surface area contributed by atoms with Crippen molar-refractivity contribution >= 4 is 35.3 Å². The topological polar surface area (TPSA) is 67.9 Å². The number of nitrogens with zero attached hydrogens (tertiary/aromatic N) is 1. The molecular formula is C27H24N2O4S. The van der Waals surface area contributed by atoms with Gasteiger partial charge >= 0.3 is 0 Å². The first kappa shape index (κ1) is 22.1. The summed E-state index contributed by atoms with van der Waals surface area (Å²) >= 11 is 1.42. The van der Waals surface area contributed by atoms with Gasteiger partial charge in [0.2, 0.25) is 0 Å². The number of carbonyl (C=O) groups excluding carboxylic acids is 2. The van der Waals surface area contributed by atoms with Crippen molar-refractivity contribution in [2.24, 2.45) is 0 Å². The minimum absolute atomic E-state index is 0.0939. The normalized spacial score (nSPS) is 16.7. The minimum atomic E-state index is -0.228. The Kier molecular flexibility index (Phi) is 6.02. The zero-order valence-corrected chi connectivity index (χ0v) is 19.7. The Labute approximate surface area is 202 Å². The Balaban J connectivity index is 1.34. The molecule has 2 aliphatic heterocycles. The van der Waals surface area contributed by atoms with E-state index in [-0.39, 0.29) is 17.9 Å². The first-order valence-electron chi connectivity index (χ1n) is 11.1. The summed E-state index contributed by atoms with van der Waals surface area (Å²) in [5.41, 5.74) is 3.12. The molecule has 2 amide bonds. The fourth-order valence-corrected chi connectivity index (χ4v) is 5.02. The van der Waals surface area contributed by atoms with Crippen molar-refractivity contribution in [1.82, 2.24) is 5.32 Å². The number of fused-ring (bicyclic) bond motifs is 2. The lowest BCUT2D eigenvalue weighted by atomic mass is 10.1. The van der Waals surface area contributed by atoms with E-state index in [9.17, 15) is 9.59 Å². The number of likely N-dealkylation sites (N-methyl/N-ethyl adjacent to an activating group) is 1. The van der Waals surface area contributed by atoms with Crippen molar-refractivity contribution in [3.05, 3.63) is 88.3 Å². The maximum absolute atomic E-state index is 13.0. The van der Waals surface area contributed by atoms with Gasteiger partial charge in [0.15, 0.2) is 11.5 Å². The van der Waals surface area contributed by atoms with Gasteiger partial charge in [-0.05, 0) is 54.5 Å². The molecule has 0 radical (unpaired) electrons. The molecular weight excluding hydrogens is 448 g/mol. The number of rotatable bonds is 4. The molecule has 5 rings (SSSR count). The first-order chi connectivity index (χ1) is 16.5. The molecule has 34 heavy (non-hydrogen) atoms. The molecule has 0 saturated carbocycles. The number of hydrogen-bond acceptors (Lipinski definition) is 5. The molecule has 0 bridgehead atoms. The molecule has 0 unspecified atom stereocenters. The third kappa shape index (κ3) is 4.39. The molecule has 0 aliphatic carbocycles. The summed E-state index contributed by atoms with van der Waals surface area (Å²) in [6.45, 7) is 2.97. The maximum atomic E-state index is 13.0. The summed E-state index contributed by atoms with van der Waals surface area (Å²) in [7, 11) is 1.74. The molecule has 7 heteroatoms. The standard InChI is InChI=1S/C27H24N2O4S/c1-17(19-8-10-22-23(16-19)33-13-12-32-22)28-26(30)20-9-11-24-21(15-20)29(2)27(31)25(34-24)14-18-6-4-3-5-7-18/h3-11,14-17H,12-13H2,1-2H3,(H,28,30)/b25-14+/t17-/m1/s1. The van der Waals surface area contributed by atoms with Crippen LogP contribution in [0.2, 0.25) is 0 Å². The second-order valence-corrected chi connectivity index (χ2v) is 9.25. The van der Waals surface area contributed by atoms with Gasteiger partial charge in [-0.25, -0.2) is 0 Å². The van der Waals surface area contributed by atoms with E-state index in [0.717, 1.165) is 21.7 Å². The number of anilines is 1. The average Bonchev–Trinajstić information content (AvgIpc) is 2.87. The average molecular weight is 473 g/mol. The summed E-state index contributed by atoms with van der Waals surface area (Å²) in [5.74, 6) is 1.11. The fourth-order valence-electron chi connectivity index (χ4n) is 3.93. The van der Waals surface area contributed by atoms with Crippen LogP contribution in [0.4, 0.5) is 5.69 Å². The Bertz CT molecular complexity index is 1290. The lowest BCUT2D eigenvalue weighted by Crippen LogP contribution is -2.31. The highest BCUT2D eigenvalue weighted by atomic mass is 32.2. The molecule has 0 saturated heterocycles. The number of benzene rings is 3. The van der Waals surface area contributed by atoms with Gasteiger partial charge < -0.3 is 19.7 Å². The van der Waals surface area contributed by atoms with E-state index in [1.165, 1.54) is 11.8 Å². The van der Waals surface area contributed by atoms with Crippen LogP contribution in [0.25, 0.3) is 6.08 Å². The van der Waals surface area contributed by atoms with Crippen molar-refractivity contribution in [3.63, 3.8) is 0 Å². The lowest BCUT2D eigenvalue weighted by molar-refractivity contribution is -0.114. The summed E-state index contributed by atoms with van der Waals surface area (Å²) in [6.07, 6.45) is 1.89. The van der Waals surface area contributed by atoms with E-state index in [4.69, 9.17) is 9.47 Å².